The molecule has 7 nitrogen and oxygen atoms in total. The van der Waals surface area contributed by atoms with Crippen LogP contribution in [0.15, 0.2) is 0 Å². The Morgan fingerprint density at radius 3 is 2.41 bits per heavy atom. The maximum Gasteiger partial charge on any atom is 0.322 e. The van der Waals surface area contributed by atoms with Crippen LogP contribution >= 0.6 is 0 Å². The molecular formula is C14H23NO6S. The van der Waals surface area contributed by atoms with E-state index in [1.807, 2.05) is 0 Å². The number of ether oxygens (including phenoxy) is 1. The molecule has 1 aliphatic heterocycles. The normalized spacial score (nSPS) is 25.8. The van der Waals surface area contributed by atoms with Gasteiger partial charge in [0, 0.05) is 6.54 Å². The molecule has 126 valence electrons. The second-order valence-corrected chi connectivity index (χ2v) is 8.12. The molecular weight excluding hydrogens is 310 g/mol. The molecule has 0 bridgehead atoms. The van der Waals surface area contributed by atoms with Gasteiger partial charge in [-0.05, 0) is 25.7 Å². The van der Waals surface area contributed by atoms with E-state index in [0.29, 0.717) is 25.7 Å². The summed E-state index contributed by atoms with van der Waals surface area (Å²) in [5, 5.41) is 9.17. The van der Waals surface area contributed by atoms with Gasteiger partial charge in [0.1, 0.15) is 6.04 Å². The fourth-order valence-electron chi connectivity index (χ4n) is 3.60. The third-order valence-electron chi connectivity index (χ3n) is 4.73. The minimum absolute atomic E-state index is 0.205. The van der Waals surface area contributed by atoms with Crippen molar-refractivity contribution < 1.29 is 27.9 Å². The highest BCUT2D eigenvalue weighted by Crippen LogP contribution is 2.40. The molecule has 0 aromatic heterocycles. The zero-order valence-corrected chi connectivity index (χ0v) is 13.6. The third kappa shape index (κ3) is 3.27. The largest absolute Gasteiger partial charge is 0.480 e. The Morgan fingerprint density at radius 1 is 1.23 bits per heavy atom. The molecule has 1 saturated carbocycles. The quantitative estimate of drug-likeness (QED) is 0.753. The summed E-state index contributed by atoms with van der Waals surface area (Å²) in [5.41, 5.74) is -1.03. The van der Waals surface area contributed by atoms with Crippen molar-refractivity contribution >= 4 is 22.0 Å². The van der Waals surface area contributed by atoms with Crippen molar-refractivity contribution in [2.75, 3.05) is 19.4 Å². The minimum Gasteiger partial charge on any atom is -0.480 e. The number of hydrogen-bond acceptors (Lipinski definition) is 5. The van der Waals surface area contributed by atoms with Crippen molar-refractivity contribution in [1.82, 2.24) is 4.31 Å². The molecule has 2 rings (SSSR count). The number of methoxy groups -OCH3 is 1. The molecule has 8 heteroatoms. The van der Waals surface area contributed by atoms with Gasteiger partial charge in [-0.2, -0.15) is 4.31 Å². The first-order chi connectivity index (χ1) is 10.3. The number of carbonyl (C=O) groups is 2. The van der Waals surface area contributed by atoms with Gasteiger partial charge in [0.05, 0.1) is 18.3 Å². The van der Waals surface area contributed by atoms with Crippen LogP contribution in [0.4, 0.5) is 0 Å². The van der Waals surface area contributed by atoms with Gasteiger partial charge >= 0.3 is 11.9 Å². The van der Waals surface area contributed by atoms with Crippen LogP contribution in [-0.4, -0.2) is 55.2 Å². The molecule has 22 heavy (non-hydrogen) atoms. The summed E-state index contributed by atoms with van der Waals surface area (Å²) in [5.74, 6) is -1.98. The topological polar surface area (TPSA) is 101 Å². The number of carboxylic acid groups (broad SMARTS) is 1. The predicted octanol–water partition coefficient (Wildman–Crippen LogP) is 0.989. The monoisotopic (exact) mass is 333 g/mol. The molecule has 2 aliphatic rings. The Hall–Kier alpha value is -1.15. The molecule has 0 unspecified atom stereocenters. The lowest BCUT2D eigenvalue weighted by Gasteiger charge is -2.35. The fourth-order valence-corrected chi connectivity index (χ4v) is 5.87. The molecule has 0 spiro atoms. The summed E-state index contributed by atoms with van der Waals surface area (Å²) in [6.45, 7) is 0.205. The van der Waals surface area contributed by atoms with Crippen LogP contribution in [0.3, 0.4) is 0 Å². The van der Waals surface area contributed by atoms with E-state index < -0.39 is 33.4 Å². The van der Waals surface area contributed by atoms with E-state index in [0.717, 1.165) is 23.6 Å². The summed E-state index contributed by atoms with van der Waals surface area (Å²) in [6, 6.07) is -1.01. The summed E-state index contributed by atoms with van der Waals surface area (Å²) >= 11 is 0. The van der Waals surface area contributed by atoms with E-state index in [1.54, 1.807) is 0 Å². The third-order valence-corrected chi connectivity index (χ3v) is 6.80. The predicted molar refractivity (Wildman–Crippen MR) is 78.7 cm³/mol. The molecule has 1 N–H and O–H groups in total. The summed E-state index contributed by atoms with van der Waals surface area (Å²) < 4.78 is 31.3. The van der Waals surface area contributed by atoms with Gasteiger partial charge in [-0.25, -0.2) is 8.42 Å². The van der Waals surface area contributed by atoms with Gasteiger partial charge in [-0.1, -0.05) is 19.3 Å². The van der Waals surface area contributed by atoms with Crippen LogP contribution in [0, 0.1) is 5.41 Å². The highest BCUT2D eigenvalue weighted by Gasteiger charge is 2.48. The van der Waals surface area contributed by atoms with Gasteiger partial charge in [-0.3, -0.25) is 9.59 Å². The van der Waals surface area contributed by atoms with Crippen molar-refractivity contribution in [2.24, 2.45) is 5.41 Å². The van der Waals surface area contributed by atoms with Crippen LogP contribution in [-0.2, 0) is 24.3 Å². The molecule has 0 aromatic rings. The van der Waals surface area contributed by atoms with E-state index in [2.05, 4.69) is 0 Å². The van der Waals surface area contributed by atoms with Crippen LogP contribution in [0.2, 0.25) is 0 Å². The molecule has 1 heterocycles. The molecule has 1 atom stereocenters. The second kappa shape index (κ2) is 6.54. The van der Waals surface area contributed by atoms with Gasteiger partial charge < -0.3 is 9.84 Å². The first-order valence-corrected chi connectivity index (χ1v) is 9.24. The number of nitrogens with zero attached hydrogens (tertiary/aromatic N) is 1. The highest BCUT2D eigenvalue weighted by atomic mass is 32.2. The van der Waals surface area contributed by atoms with E-state index >= 15 is 0 Å². The Labute approximate surface area is 130 Å². The molecule has 0 amide bonds. The number of rotatable bonds is 5. The summed E-state index contributed by atoms with van der Waals surface area (Å²) in [7, 11) is -2.55. The minimum atomic E-state index is -3.82. The van der Waals surface area contributed by atoms with Crippen LogP contribution in [0.25, 0.3) is 0 Å². The lowest BCUT2D eigenvalue weighted by Crippen LogP contribution is -2.48. The van der Waals surface area contributed by atoms with Crippen molar-refractivity contribution in [3.05, 3.63) is 0 Å². The first-order valence-electron chi connectivity index (χ1n) is 7.63. The number of esters is 1. The fraction of sp³-hybridized carbons (Fsp3) is 0.857. The lowest BCUT2D eigenvalue weighted by molar-refractivity contribution is -0.153. The van der Waals surface area contributed by atoms with Gasteiger partial charge in [0.25, 0.3) is 0 Å². The number of aliphatic carboxylic acids is 1. The van der Waals surface area contributed by atoms with E-state index in [1.165, 1.54) is 7.11 Å². The maximum absolute atomic E-state index is 12.7. The Kier molecular flexibility index (Phi) is 5.11. The Morgan fingerprint density at radius 2 is 1.86 bits per heavy atom. The number of carbonyl (C=O) groups excluding carboxylic acids is 1. The summed E-state index contributed by atoms with van der Waals surface area (Å²) in [6.07, 6.45) is 4.34. The molecule has 0 radical (unpaired) electrons. The number of sulfonamides is 1. The maximum atomic E-state index is 12.7. The SMILES string of the molecule is COC(=O)C1(CS(=O)(=O)N2CCC[C@H]2C(=O)O)CCCCC1. The van der Waals surface area contributed by atoms with Crippen molar-refractivity contribution in [1.29, 1.82) is 0 Å². The highest BCUT2D eigenvalue weighted by molar-refractivity contribution is 7.89. The number of hydrogen-bond donors (Lipinski definition) is 1. The van der Waals surface area contributed by atoms with Crippen LogP contribution in [0.5, 0.6) is 0 Å². The molecule has 1 saturated heterocycles. The molecule has 1 aliphatic carbocycles. The first kappa shape index (κ1) is 17.2. The van der Waals surface area contributed by atoms with Crippen molar-refractivity contribution in [3.63, 3.8) is 0 Å². The summed E-state index contributed by atoms with van der Waals surface area (Å²) in [4.78, 5) is 23.4. The van der Waals surface area contributed by atoms with Crippen LogP contribution in [0.1, 0.15) is 44.9 Å². The second-order valence-electron chi connectivity index (χ2n) is 6.20. The molecule has 0 aromatic carbocycles. The Bertz CT molecular complexity index is 538. The van der Waals surface area contributed by atoms with E-state index in [-0.39, 0.29) is 12.3 Å². The van der Waals surface area contributed by atoms with E-state index in [9.17, 15) is 23.1 Å². The van der Waals surface area contributed by atoms with E-state index in [4.69, 9.17) is 4.74 Å². The van der Waals surface area contributed by atoms with Gasteiger partial charge in [0.15, 0.2) is 0 Å². The van der Waals surface area contributed by atoms with Crippen molar-refractivity contribution in [2.45, 2.75) is 51.0 Å². The van der Waals surface area contributed by atoms with Crippen LogP contribution < -0.4 is 0 Å². The standard InChI is InChI=1S/C14H23NO6S/c1-21-13(18)14(7-3-2-4-8-14)10-22(19,20)15-9-5-6-11(15)12(16)17/h11H,2-10H2,1H3,(H,16,17)/t11-/m0/s1. The zero-order chi connectivity index (χ0) is 16.4. The Balaban J connectivity index is 2.24. The average molecular weight is 333 g/mol. The smallest absolute Gasteiger partial charge is 0.322 e. The van der Waals surface area contributed by atoms with Gasteiger partial charge in [0.2, 0.25) is 10.0 Å². The lowest BCUT2D eigenvalue weighted by atomic mass is 9.75. The number of carboxylic acids is 1. The average Bonchev–Trinajstić information content (AvgIpc) is 2.97. The molecule has 2 fully saturated rings. The van der Waals surface area contributed by atoms with Gasteiger partial charge in [-0.15, -0.1) is 0 Å². The zero-order valence-electron chi connectivity index (χ0n) is 12.8. The van der Waals surface area contributed by atoms with Crippen molar-refractivity contribution in [3.8, 4) is 0 Å².